The van der Waals surface area contributed by atoms with Crippen LogP contribution in [0.5, 0.6) is 0 Å². The van der Waals surface area contributed by atoms with Crippen LogP contribution >= 0.6 is 0 Å². The highest BCUT2D eigenvalue weighted by molar-refractivity contribution is 6.41. The molecule has 0 heterocycles. The summed E-state index contributed by atoms with van der Waals surface area (Å²) in [5, 5.41) is 5.00. The first kappa shape index (κ1) is 34.0. The molecule has 0 heteroatoms. The van der Waals surface area contributed by atoms with Crippen LogP contribution in [0.2, 0.25) is 0 Å². The second-order valence-corrected chi connectivity index (χ2v) is 15.5. The summed E-state index contributed by atoms with van der Waals surface area (Å²) in [6.45, 7) is 4.76. The van der Waals surface area contributed by atoms with Gasteiger partial charge in [-0.1, -0.05) is 206 Å². The van der Waals surface area contributed by atoms with Gasteiger partial charge in [0.25, 0.3) is 0 Å². The minimum absolute atomic E-state index is 1.22. The van der Waals surface area contributed by atoms with Gasteiger partial charge in [-0.2, -0.15) is 0 Å². The third-order valence-corrected chi connectivity index (χ3v) is 12.4. The molecule has 0 saturated heterocycles. The molecule has 9 aromatic rings. The molecule has 0 bridgehead atoms. The number of benzene rings is 9. The van der Waals surface area contributed by atoms with Gasteiger partial charge >= 0.3 is 0 Å². The van der Waals surface area contributed by atoms with Gasteiger partial charge < -0.3 is 0 Å². The zero-order chi connectivity index (χ0) is 38.7. The summed E-state index contributed by atoms with van der Waals surface area (Å²) in [6, 6.07) is 75.8. The normalized spacial score (nSPS) is 13.5. The van der Waals surface area contributed by atoms with E-state index in [0.717, 1.165) is 0 Å². The number of allylic oxidation sites excluding steroid dienone is 5. The molecule has 2 aliphatic rings. The molecule has 58 heavy (non-hydrogen) atoms. The Morgan fingerprint density at radius 1 is 0.224 bits per heavy atom. The van der Waals surface area contributed by atoms with Gasteiger partial charge in [0.15, 0.2) is 0 Å². The van der Waals surface area contributed by atoms with Crippen molar-refractivity contribution in [3.05, 3.63) is 256 Å². The van der Waals surface area contributed by atoms with Crippen LogP contribution in [0.15, 0.2) is 212 Å². The molecule has 0 nitrogen and oxygen atoms in total. The minimum atomic E-state index is 1.22. The number of rotatable bonds is 6. The van der Waals surface area contributed by atoms with Gasteiger partial charge in [0.1, 0.15) is 0 Å². The van der Waals surface area contributed by atoms with Crippen molar-refractivity contribution in [1.82, 2.24) is 0 Å². The molecule has 0 unspecified atom stereocenters. The van der Waals surface area contributed by atoms with E-state index in [2.05, 4.69) is 220 Å². The molecule has 0 radical (unpaired) electrons. The van der Waals surface area contributed by atoms with Crippen LogP contribution in [0.25, 0.3) is 71.7 Å². The van der Waals surface area contributed by atoms with Crippen molar-refractivity contribution < 1.29 is 0 Å². The highest BCUT2D eigenvalue weighted by Crippen LogP contribution is 2.64. The van der Waals surface area contributed by atoms with Crippen molar-refractivity contribution in [2.75, 3.05) is 0 Å². The maximum atomic E-state index is 2.38. The van der Waals surface area contributed by atoms with Gasteiger partial charge in [-0.3, -0.25) is 0 Å². The van der Waals surface area contributed by atoms with Crippen molar-refractivity contribution >= 4 is 49.4 Å². The summed E-state index contributed by atoms with van der Waals surface area (Å²) in [4.78, 5) is 0. The molecule has 0 amide bonds. The van der Waals surface area contributed by atoms with E-state index in [1.807, 2.05) is 0 Å². The number of hydrogen-bond acceptors (Lipinski definition) is 0. The maximum Gasteiger partial charge on any atom is -0.0000944 e. The molecule has 0 N–H and O–H groups in total. The fourth-order valence-corrected chi connectivity index (χ4v) is 10.0. The van der Waals surface area contributed by atoms with E-state index < -0.39 is 0 Å². The van der Waals surface area contributed by atoms with Crippen LogP contribution in [-0.4, -0.2) is 0 Å². The Labute approximate surface area is 340 Å². The SMILES string of the molecule is Cc1c2c(c(C)c(-c3ccccc3)c1-c1ccccc1)C(c1cccc3ccccc13)=C1C(c3ccccc3)=C(c3ccccc3)C(c3cccc4ccccc34)=C12. The first-order chi connectivity index (χ1) is 28.7. The van der Waals surface area contributed by atoms with E-state index >= 15 is 0 Å². The smallest absolute Gasteiger partial charge is 0.0000944 e. The van der Waals surface area contributed by atoms with Crippen LogP contribution in [0, 0.1) is 13.8 Å². The molecule has 0 saturated carbocycles. The zero-order valence-electron chi connectivity index (χ0n) is 32.6. The van der Waals surface area contributed by atoms with Gasteiger partial charge in [-0.15, -0.1) is 0 Å². The van der Waals surface area contributed by atoms with E-state index in [1.54, 1.807) is 0 Å². The van der Waals surface area contributed by atoms with Gasteiger partial charge in [-0.25, -0.2) is 0 Å². The lowest BCUT2D eigenvalue weighted by Crippen LogP contribution is -2.03. The van der Waals surface area contributed by atoms with Gasteiger partial charge in [-0.05, 0) is 136 Å². The van der Waals surface area contributed by atoms with Crippen molar-refractivity contribution in [3.63, 3.8) is 0 Å². The maximum absolute atomic E-state index is 2.38. The Kier molecular flexibility index (Phi) is 8.05. The Balaban J connectivity index is 1.42. The first-order valence-corrected chi connectivity index (χ1v) is 20.3. The van der Waals surface area contributed by atoms with Crippen LogP contribution in [0.4, 0.5) is 0 Å². The predicted molar refractivity (Wildman–Crippen MR) is 247 cm³/mol. The third kappa shape index (κ3) is 5.15. The molecule has 0 atom stereocenters. The van der Waals surface area contributed by atoms with E-state index in [1.165, 1.54) is 122 Å². The Bertz CT molecular complexity index is 3170. The number of hydrogen-bond donors (Lipinski definition) is 0. The second-order valence-electron chi connectivity index (χ2n) is 15.5. The Morgan fingerprint density at radius 3 is 1.03 bits per heavy atom. The summed E-state index contributed by atoms with van der Waals surface area (Å²) in [7, 11) is 0. The predicted octanol–water partition coefficient (Wildman–Crippen LogP) is 15.3. The highest BCUT2D eigenvalue weighted by Gasteiger charge is 2.43. The van der Waals surface area contributed by atoms with Crippen molar-refractivity contribution in [2.24, 2.45) is 0 Å². The molecule has 272 valence electrons. The van der Waals surface area contributed by atoms with Gasteiger partial charge in [0.2, 0.25) is 0 Å². The molecule has 0 aliphatic heterocycles. The first-order valence-electron chi connectivity index (χ1n) is 20.3. The number of fused-ring (bicyclic) bond motifs is 5. The topological polar surface area (TPSA) is 0 Å². The van der Waals surface area contributed by atoms with E-state index in [9.17, 15) is 0 Å². The average molecular weight is 737 g/mol. The van der Waals surface area contributed by atoms with Crippen molar-refractivity contribution in [1.29, 1.82) is 0 Å². The molecule has 2 aliphatic carbocycles. The minimum Gasteiger partial charge on any atom is -0.0622 e. The monoisotopic (exact) mass is 736 g/mol. The van der Waals surface area contributed by atoms with E-state index in [0.29, 0.717) is 0 Å². The quantitative estimate of drug-likeness (QED) is 0.159. The lowest BCUT2D eigenvalue weighted by Gasteiger charge is -2.25. The summed E-state index contributed by atoms with van der Waals surface area (Å²) in [6.07, 6.45) is 0. The molecule has 11 rings (SSSR count). The Morgan fingerprint density at radius 2 is 0.569 bits per heavy atom. The molecular formula is C58H40. The zero-order valence-corrected chi connectivity index (χ0v) is 32.6. The summed E-state index contributed by atoms with van der Waals surface area (Å²) >= 11 is 0. The second kappa shape index (κ2) is 13.7. The summed E-state index contributed by atoms with van der Waals surface area (Å²) in [5.41, 5.74) is 23.1. The molecule has 0 aromatic heterocycles. The fraction of sp³-hybridized carbons (Fsp3) is 0.0345. The summed E-state index contributed by atoms with van der Waals surface area (Å²) in [5.74, 6) is 0. The van der Waals surface area contributed by atoms with Crippen LogP contribution in [-0.2, 0) is 0 Å². The molecule has 9 aromatic carbocycles. The third-order valence-electron chi connectivity index (χ3n) is 12.4. The largest absolute Gasteiger partial charge is 0.0622 e. The van der Waals surface area contributed by atoms with Crippen molar-refractivity contribution in [3.8, 4) is 22.3 Å². The van der Waals surface area contributed by atoms with Crippen molar-refractivity contribution in [2.45, 2.75) is 13.8 Å². The lowest BCUT2D eigenvalue weighted by atomic mass is 9.78. The van der Waals surface area contributed by atoms with Gasteiger partial charge in [0.05, 0.1) is 0 Å². The van der Waals surface area contributed by atoms with E-state index in [4.69, 9.17) is 0 Å². The van der Waals surface area contributed by atoms with Gasteiger partial charge in [0, 0.05) is 0 Å². The fourth-order valence-electron chi connectivity index (χ4n) is 10.0. The Hall–Kier alpha value is -7.28. The molecular weight excluding hydrogens is 697 g/mol. The molecule has 0 fully saturated rings. The summed E-state index contributed by atoms with van der Waals surface area (Å²) < 4.78 is 0. The standard InChI is InChI=1S/C58H40/c1-37-49(41-23-7-3-8-24-41)50(42-25-9-4-10-26-42)38(2)52-51(37)55(47-35-19-31-39-21-15-17-33-45(39)47)58-54(44-29-13-6-14-30-44)53(43-27-11-5-12-28-43)56(57(52)58)48-36-20-32-40-22-16-18-34-46(40)48/h3-36H,1-2H3. The highest BCUT2D eigenvalue weighted by atomic mass is 14.5. The van der Waals surface area contributed by atoms with Crippen LogP contribution in [0.3, 0.4) is 0 Å². The van der Waals surface area contributed by atoms with Crippen LogP contribution in [0.1, 0.15) is 44.5 Å². The van der Waals surface area contributed by atoms with Crippen LogP contribution < -0.4 is 0 Å². The lowest BCUT2D eigenvalue weighted by molar-refractivity contribution is 1.34. The van der Waals surface area contributed by atoms with E-state index in [-0.39, 0.29) is 0 Å². The molecule has 0 spiro atoms. The average Bonchev–Trinajstić information content (AvgIpc) is 3.82.